The maximum atomic E-state index is 4.57. The number of hydrogen-bond acceptors (Lipinski definition) is 2. The third-order valence-corrected chi connectivity index (χ3v) is 2.80. The smallest absolute Gasteiger partial charge is 0.234 e. The summed E-state index contributed by atoms with van der Waals surface area (Å²) in [6.45, 7) is 10.7. The second-order valence-corrected chi connectivity index (χ2v) is 4.97. The van der Waals surface area contributed by atoms with Crippen LogP contribution in [0.15, 0.2) is 12.3 Å². The van der Waals surface area contributed by atoms with Crippen molar-refractivity contribution >= 4 is 5.78 Å². The molecule has 0 atom stereocenters. The van der Waals surface area contributed by atoms with Gasteiger partial charge in [0.15, 0.2) is 0 Å². The van der Waals surface area contributed by atoms with Gasteiger partial charge in [0.2, 0.25) is 5.78 Å². The van der Waals surface area contributed by atoms with Crippen LogP contribution in [0.25, 0.3) is 5.78 Å². The van der Waals surface area contributed by atoms with Gasteiger partial charge >= 0.3 is 0 Å². The Labute approximate surface area is 96.5 Å². The lowest BCUT2D eigenvalue weighted by Crippen LogP contribution is -2.01. The molecule has 0 aromatic carbocycles. The highest BCUT2D eigenvalue weighted by Gasteiger charge is 2.11. The molecule has 16 heavy (non-hydrogen) atoms. The zero-order chi connectivity index (χ0) is 11.9. The zero-order valence-corrected chi connectivity index (χ0v) is 10.7. The van der Waals surface area contributed by atoms with Gasteiger partial charge in [0.1, 0.15) is 0 Å². The van der Waals surface area contributed by atoms with E-state index in [0.29, 0.717) is 11.8 Å². The first kappa shape index (κ1) is 11.1. The Morgan fingerprint density at radius 3 is 2.31 bits per heavy atom. The SMILES string of the molecule is Cc1cc(C(C)C)n2cc(C(C)C)nc2n1. The van der Waals surface area contributed by atoms with Crippen LogP contribution in [0.1, 0.15) is 56.6 Å². The predicted molar refractivity (Wildman–Crippen MR) is 65.9 cm³/mol. The van der Waals surface area contributed by atoms with Crippen molar-refractivity contribution in [3.63, 3.8) is 0 Å². The van der Waals surface area contributed by atoms with Gasteiger partial charge in [0, 0.05) is 17.6 Å². The molecule has 86 valence electrons. The maximum Gasteiger partial charge on any atom is 0.234 e. The number of fused-ring (bicyclic) bond motifs is 1. The van der Waals surface area contributed by atoms with Crippen molar-refractivity contribution in [1.29, 1.82) is 0 Å². The summed E-state index contributed by atoms with van der Waals surface area (Å²) in [5.74, 6) is 1.76. The monoisotopic (exact) mass is 217 g/mol. The molecule has 0 aliphatic heterocycles. The maximum absolute atomic E-state index is 4.57. The van der Waals surface area contributed by atoms with Gasteiger partial charge in [0.05, 0.1) is 5.69 Å². The van der Waals surface area contributed by atoms with Crippen LogP contribution in [0.2, 0.25) is 0 Å². The van der Waals surface area contributed by atoms with Crippen molar-refractivity contribution in [3.05, 3.63) is 29.3 Å². The third-order valence-electron chi connectivity index (χ3n) is 2.80. The quantitative estimate of drug-likeness (QED) is 0.772. The molecule has 0 spiro atoms. The Morgan fingerprint density at radius 2 is 1.75 bits per heavy atom. The summed E-state index contributed by atoms with van der Waals surface area (Å²) in [7, 11) is 0. The van der Waals surface area contributed by atoms with Crippen LogP contribution in [-0.4, -0.2) is 14.4 Å². The lowest BCUT2D eigenvalue weighted by Gasteiger charge is -2.09. The van der Waals surface area contributed by atoms with E-state index in [1.54, 1.807) is 0 Å². The van der Waals surface area contributed by atoms with Crippen molar-refractivity contribution in [2.45, 2.75) is 46.5 Å². The van der Waals surface area contributed by atoms with E-state index in [1.807, 2.05) is 6.92 Å². The van der Waals surface area contributed by atoms with E-state index in [9.17, 15) is 0 Å². The molecule has 0 N–H and O–H groups in total. The second kappa shape index (κ2) is 3.89. The largest absolute Gasteiger partial charge is 0.288 e. The first-order chi connectivity index (χ1) is 7.49. The molecule has 0 saturated carbocycles. The van der Waals surface area contributed by atoms with Crippen molar-refractivity contribution < 1.29 is 0 Å². The molecule has 0 aliphatic rings. The van der Waals surface area contributed by atoms with Crippen LogP contribution < -0.4 is 0 Å². The van der Waals surface area contributed by atoms with Gasteiger partial charge < -0.3 is 0 Å². The molecule has 0 bridgehead atoms. The Bertz CT molecular complexity index is 509. The van der Waals surface area contributed by atoms with Gasteiger partial charge in [-0.25, -0.2) is 9.97 Å². The van der Waals surface area contributed by atoms with Crippen LogP contribution in [0.3, 0.4) is 0 Å². The second-order valence-electron chi connectivity index (χ2n) is 4.97. The first-order valence-corrected chi connectivity index (χ1v) is 5.85. The van der Waals surface area contributed by atoms with Gasteiger partial charge in [-0.15, -0.1) is 0 Å². The van der Waals surface area contributed by atoms with Crippen LogP contribution in [-0.2, 0) is 0 Å². The topological polar surface area (TPSA) is 30.2 Å². The summed E-state index contributed by atoms with van der Waals surface area (Å²) >= 11 is 0. The summed E-state index contributed by atoms with van der Waals surface area (Å²) < 4.78 is 2.12. The van der Waals surface area contributed by atoms with Gasteiger partial charge in [-0.2, -0.15) is 0 Å². The fraction of sp³-hybridized carbons (Fsp3) is 0.538. The zero-order valence-electron chi connectivity index (χ0n) is 10.7. The molecule has 3 nitrogen and oxygen atoms in total. The molecule has 0 unspecified atom stereocenters. The van der Waals surface area contributed by atoms with Crippen LogP contribution in [0, 0.1) is 6.92 Å². The number of imidazole rings is 1. The minimum atomic E-state index is 0.446. The van der Waals surface area contributed by atoms with Gasteiger partial charge in [-0.05, 0) is 24.8 Å². The van der Waals surface area contributed by atoms with Crippen LogP contribution >= 0.6 is 0 Å². The number of hydrogen-bond donors (Lipinski definition) is 0. The molecule has 0 saturated heterocycles. The van der Waals surface area contributed by atoms with Gasteiger partial charge in [-0.3, -0.25) is 4.40 Å². The fourth-order valence-corrected chi connectivity index (χ4v) is 1.85. The first-order valence-electron chi connectivity index (χ1n) is 5.85. The van der Waals surface area contributed by atoms with Crippen molar-refractivity contribution in [2.24, 2.45) is 0 Å². The van der Waals surface area contributed by atoms with Gasteiger partial charge in [0.25, 0.3) is 0 Å². The standard InChI is InChI=1S/C13H19N3/c1-8(2)11-7-16-12(9(3)4)6-10(5)14-13(16)15-11/h6-9H,1-5H3. The van der Waals surface area contributed by atoms with E-state index in [0.717, 1.165) is 17.2 Å². The molecule has 0 amide bonds. The van der Waals surface area contributed by atoms with E-state index < -0.39 is 0 Å². The van der Waals surface area contributed by atoms with Crippen molar-refractivity contribution in [1.82, 2.24) is 14.4 Å². The van der Waals surface area contributed by atoms with Crippen LogP contribution in [0.5, 0.6) is 0 Å². The Balaban J connectivity index is 2.70. The summed E-state index contributed by atoms with van der Waals surface area (Å²) in [5, 5.41) is 0. The van der Waals surface area contributed by atoms with E-state index in [2.05, 4.69) is 54.3 Å². The predicted octanol–water partition coefficient (Wildman–Crippen LogP) is 3.28. The van der Waals surface area contributed by atoms with Crippen molar-refractivity contribution in [2.75, 3.05) is 0 Å². The summed E-state index contributed by atoms with van der Waals surface area (Å²) in [5.41, 5.74) is 3.43. The van der Waals surface area contributed by atoms with E-state index in [1.165, 1.54) is 5.69 Å². The highest BCUT2D eigenvalue weighted by molar-refractivity contribution is 5.36. The highest BCUT2D eigenvalue weighted by atomic mass is 15.1. The fourth-order valence-electron chi connectivity index (χ4n) is 1.85. The van der Waals surface area contributed by atoms with Crippen molar-refractivity contribution in [3.8, 4) is 0 Å². The molecule has 0 fully saturated rings. The molecular weight excluding hydrogens is 198 g/mol. The average Bonchev–Trinajstić information content (AvgIpc) is 2.59. The third kappa shape index (κ3) is 1.82. The lowest BCUT2D eigenvalue weighted by molar-refractivity contribution is 0.787. The average molecular weight is 217 g/mol. The number of aromatic nitrogens is 3. The van der Waals surface area contributed by atoms with Crippen LogP contribution in [0.4, 0.5) is 0 Å². The molecule has 2 aromatic heterocycles. The summed E-state index contributed by atoms with van der Waals surface area (Å²) in [6, 6.07) is 2.14. The molecule has 2 rings (SSSR count). The lowest BCUT2D eigenvalue weighted by atomic mass is 10.1. The van der Waals surface area contributed by atoms with E-state index >= 15 is 0 Å². The molecule has 0 aliphatic carbocycles. The Hall–Kier alpha value is -1.38. The van der Waals surface area contributed by atoms with Gasteiger partial charge in [-0.1, -0.05) is 27.7 Å². The minimum Gasteiger partial charge on any atom is -0.288 e. The molecule has 0 radical (unpaired) electrons. The Kier molecular flexibility index (Phi) is 2.70. The number of rotatable bonds is 2. The molecule has 3 heteroatoms. The number of aryl methyl sites for hydroxylation is 1. The molecule has 2 heterocycles. The molecule has 2 aromatic rings. The summed E-state index contributed by atoms with van der Waals surface area (Å²) in [4.78, 5) is 9.04. The normalized spacial score (nSPS) is 11.9. The minimum absolute atomic E-state index is 0.446. The highest BCUT2D eigenvalue weighted by Crippen LogP contribution is 2.20. The molecular formula is C13H19N3. The Morgan fingerprint density at radius 1 is 1.06 bits per heavy atom. The number of nitrogens with zero attached hydrogens (tertiary/aromatic N) is 3. The summed E-state index contributed by atoms with van der Waals surface area (Å²) in [6.07, 6.45) is 2.11. The van der Waals surface area contributed by atoms with E-state index in [-0.39, 0.29) is 0 Å². The van der Waals surface area contributed by atoms with E-state index in [4.69, 9.17) is 0 Å².